The Morgan fingerprint density at radius 2 is 2.33 bits per heavy atom. The number of hydrogen-bond acceptors (Lipinski definition) is 2. The van der Waals surface area contributed by atoms with Crippen LogP contribution in [0, 0.1) is 6.92 Å². The SMILES string of the molecule is CCn1nc(C)cc1CNCCC(C)Cl. The van der Waals surface area contributed by atoms with Gasteiger partial charge < -0.3 is 5.32 Å². The minimum Gasteiger partial charge on any atom is -0.311 e. The number of nitrogens with zero attached hydrogens (tertiary/aromatic N) is 2. The van der Waals surface area contributed by atoms with Crippen molar-refractivity contribution >= 4 is 11.6 Å². The van der Waals surface area contributed by atoms with Crippen LogP contribution in [0.15, 0.2) is 6.07 Å². The Balaban J connectivity index is 2.36. The number of alkyl halides is 1. The van der Waals surface area contributed by atoms with E-state index in [2.05, 4.69) is 23.4 Å². The predicted octanol–water partition coefficient (Wildman–Crippen LogP) is 2.32. The van der Waals surface area contributed by atoms with Crippen LogP contribution >= 0.6 is 11.6 Å². The molecule has 0 saturated carbocycles. The van der Waals surface area contributed by atoms with Crippen LogP contribution in [0.2, 0.25) is 0 Å². The molecule has 0 radical (unpaired) electrons. The second-order valence-electron chi connectivity index (χ2n) is 3.84. The van der Waals surface area contributed by atoms with Crippen molar-refractivity contribution in [2.24, 2.45) is 0 Å². The van der Waals surface area contributed by atoms with Crippen molar-refractivity contribution in [2.45, 2.75) is 45.7 Å². The van der Waals surface area contributed by atoms with Gasteiger partial charge in [-0.2, -0.15) is 5.10 Å². The van der Waals surface area contributed by atoms with Gasteiger partial charge in [-0.3, -0.25) is 4.68 Å². The topological polar surface area (TPSA) is 29.9 Å². The monoisotopic (exact) mass is 229 g/mol. The highest BCUT2D eigenvalue weighted by Crippen LogP contribution is 2.04. The van der Waals surface area contributed by atoms with Crippen LogP contribution in [0.25, 0.3) is 0 Å². The van der Waals surface area contributed by atoms with E-state index in [0.29, 0.717) is 0 Å². The van der Waals surface area contributed by atoms with Gasteiger partial charge in [0.15, 0.2) is 0 Å². The van der Waals surface area contributed by atoms with Gasteiger partial charge in [0.25, 0.3) is 0 Å². The molecule has 0 saturated heterocycles. The van der Waals surface area contributed by atoms with Gasteiger partial charge >= 0.3 is 0 Å². The van der Waals surface area contributed by atoms with E-state index in [9.17, 15) is 0 Å². The van der Waals surface area contributed by atoms with E-state index < -0.39 is 0 Å². The van der Waals surface area contributed by atoms with Gasteiger partial charge in [0, 0.05) is 18.5 Å². The quantitative estimate of drug-likeness (QED) is 0.600. The highest BCUT2D eigenvalue weighted by Gasteiger charge is 2.03. The number of rotatable bonds is 6. The molecule has 1 heterocycles. The van der Waals surface area contributed by atoms with Crippen molar-refractivity contribution in [2.75, 3.05) is 6.54 Å². The Morgan fingerprint density at radius 1 is 1.60 bits per heavy atom. The molecule has 15 heavy (non-hydrogen) atoms. The lowest BCUT2D eigenvalue weighted by molar-refractivity contribution is 0.570. The molecule has 1 aromatic heterocycles. The number of aryl methyl sites for hydroxylation is 2. The van der Waals surface area contributed by atoms with Crippen molar-refractivity contribution in [3.8, 4) is 0 Å². The summed E-state index contributed by atoms with van der Waals surface area (Å²) in [5, 5.41) is 8.02. The van der Waals surface area contributed by atoms with Gasteiger partial charge in [-0.15, -0.1) is 11.6 Å². The maximum absolute atomic E-state index is 5.86. The third kappa shape index (κ3) is 4.22. The molecule has 86 valence electrons. The summed E-state index contributed by atoms with van der Waals surface area (Å²) in [5.41, 5.74) is 2.33. The molecule has 0 aromatic carbocycles. The fourth-order valence-electron chi connectivity index (χ4n) is 1.53. The minimum absolute atomic E-state index is 0.246. The summed E-state index contributed by atoms with van der Waals surface area (Å²) in [6, 6.07) is 2.13. The van der Waals surface area contributed by atoms with Crippen LogP contribution in [-0.2, 0) is 13.1 Å². The molecule has 0 spiro atoms. The van der Waals surface area contributed by atoms with E-state index in [1.807, 2.05) is 18.5 Å². The Hall–Kier alpha value is -0.540. The average Bonchev–Trinajstić information content (AvgIpc) is 2.53. The van der Waals surface area contributed by atoms with Crippen LogP contribution in [-0.4, -0.2) is 21.7 Å². The summed E-state index contributed by atoms with van der Waals surface area (Å²) in [5.74, 6) is 0. The van der Waals surface area contributed by atoms with Crippen LogP contribution in [0.5, 0.6) is 0 Å². The first-order valence-electron chi connectivity index (χ1n) is 5.51. The summed E-state index contributed by atoms with van der Waals surface area (Å²) in [7, 11) is 0. The van der Waals surface area contributed by atoms with E-state index >= 15 is 0 Å². The average molecular weight is 230 g/mol. The third-order valence-electron chi connectivity index (χ3n) is 2.31. The Labute approximate surface area is 96.8 Å². The van der Waals surface area contributed by atoms with E-state index in [1.165, 1.54) is 5.69 Å². The van der Waals surface area contributed by atoms with Crippen LogP contribution in [0.4, 0.5) is 0 Å². The first-order chi connectivity index (χ1) is 7.13. The van der Waals surface area contributed by atoms with Crippen LogP contribution < -0.4 is 5.32 Å². The zero-order valence-corrected chi connectivity index (χ0v) is 10.5. The molecule has 0 aliphatic carbocycles. The van der Waals surface area contributed by atoms with Gasteiger partial charge in [0.2, 0.25) is 0 Å². The van der Waals surface area contributed by atoms with Gasteiger partial charge in [0.05, 0.1) is 11.4 Å². The Bertz CT molecular complexity index is 294. The standard InChI is InChI=1S/C11H20ClN3/c1-4-15-11(7-10(3)14-15)8-13-6-5-9(2)12/h7,9,13H,4-6,8H2,1-3H3. The Kier molecular flexibility index (Phi) is 5.12. The first-order valence-corrected chi connectivity index (χ1v) is 5.95. The van der Waals surface area contributed by atoms with Crippen molar-refractivity contribution in [1.29, 1.82) is 0 Å². The largest absolute Gasteiger partial charge is 0.311 e. The summed E-state index contributed by atoms with van der Waals surface area (Å²) < 4.78 is 2.03. The van der Waals surface area contributed by atoms with Crippen molar-refractivity contribution in [1.82, 2.24) is 15.1 Å². The Morgan fingerprint density at radius 3 is 2.93 bits per heavy atom. The molecule has 0 amide bonds. The number of halogens is 1. The summed E-state index contributed by atoms with van der Waals surface area (Å²) in [4.78, 5) is 0. The minimum atomic E-state index is 0.246. The van der Waals surface area contributed by atoms with Crippen molar-refractivity contribution in [3.05, 3.63) is 17.5 Å². The fourth-order valence-corrected chi connectivity index (χ4v) is 1.64. The molecule has 4 heteroatoms. The molecular formula is C11H20ClN3. The van der Waals surface area contributed by atoms with Gasteiger partial charge in [-0.25, -0.2) is 0 Å². The molecule has 3 nitrogen and oxygen atoms in total. The molecule has 1 unspecified atom stereocenters. The predicted molar refractivity (Wildman–Crippen MR) is 64.3 cm³/mol. The number of hydrogen-bond donors (Lipinski definition) is 1. The van der Waals surface area contributed by atoms with E-state index in [0.717, 1.165) is 31.7 Å². The van der Waals surface area contributed by atoms with Gasteiger partial charge in [-0.1, -0.05) is 0 Å². The molecular weight excluding hydrogens is 210 g/mol. The first kappa shape index (κ1) is 12.5. The summed E-state index contributed by atoms with van der Waals surface area (Å²) >= 11 is 5.86. The number of aromatic nitrogens is 2. The summed E-state index contributed by atoms with van der Waals surface area (Å²) in [6.45, 7) is 8.91. The van der Waals surface area contributed by atoms with E-state index in [4.69, 9.17) is 11.6 Å². The summed E-state index contributed by atoms with van der Waals surface area (Å²) in [6.07, 6.45) is 1.00. The molecule has 1 rings (SSSR count). The molecule has 0 aliphatic heterocycles. The second-order valence-corrected chi connectivity index (χ2v) is 4.58. The van der Waals surface area contributed by atoms with Gasteiger partial charge in [0.1, 0.15) is 0 Å². The van der Waals surface area contributed by atoms with E-state index in [1.54, 1.807) is 0 Å². The maximum Gasteiger partial charge on any atom is 0.0597 e. The lowest BCUT2D eigenvalue weighted by Crippen LogP contribution is -2.19. The van der Waals surface area contributed by atoms with Crippen molar-refractivity contribution < 1.29 is 0 Å². The number of nitrogens with one attached hydrogen (secondary N) is 1. The molecule has 1 atom stereocenters. The highest BCUT2D eigenvalue weighted by atomic mass is 35.5. The van der Waals surface area contributed by atoms with E-state index in [-0.39, 0.29) is 5.38 Å². The lowest BCUT2D eigenvalue weighted by atomic mass is 10.3. The third-order valence-corrected chi connectivity index (χ3v) is 2.53. The fraction of sp³-hybridized carbons (Fsp3) is 0.727. The molecule has 0 aliphatic rings. The molecule has 0 fully saturated rings. The van der Waals surface area contributed by atoms with Crippen LogP contribution in [0.3, 0.4) is 0 Å². The highest BCUT2D eigenvalue weighted by molar-refractivity contribution is 6.20. The second kappa shape index (κ2) is 6.13. The lowest BCUT2D eigenvalue weighted by Gasteiger charge is -2.07. The van der Waals surface area contributed by atoms with Crippen molar-refractivity contribution in [3.63, 3.8) is 0 Å². The van der Waals surface area contributed by atoms with Gasteiger partial charge in [-0.05, 0) is 39.8 Å². The normalized spacial score (nSPS) is 13.1. The molecule has 1 aromatic rings. The molecule has 1 N–H and O–H groups in total. The van der Waals surface area contributed by atoms with Crippen LogP contribution in [0.1, 0.15) is 31.7 Å². The zero-order chi connectivity index (χ0) is 11.3. The smallest absolute Gasteiger partial charge is 0.0597 e. The zero-order valence-electron chi connectivity index (χ0n) is 9.76. The molecule has 0 bridgehead atoms. The maximum atomic E-state index is 5.86.